The molecular weight excluding hydrogens is 1080 g/mol. The first kappa shape index (κ1) is 63.0. The maximum Gasteiger partial charge on any atom is 0.261 e. The van der Waals surface area contributed by atoms with E-state index in [0.29, 0.717) is 41.3 Å². The number of hydrogen-bond acceptors (Lipinski definition) is 14. The second kappa shape index (κ2) is 32.3. The fraction of sp³-hybridized carbons (Fsp3) is 0.299. The zero-order valence-corrected chi connectivity index (χ0v) is 48.9. The molecule has 0 fully saturated rings. The van der Waals surface area contributed by atoms with Crippen molar-refractivity contribution in [1.82, 2.24) is 19.9 Å². The number of unbranched alkanes of at least 4 members (excludes halogenated alkanes) is 9. The van der Waals surface area contributed by atoms with Crippen molar-refractivity contribution in [3.8, 4) is 39.8 Å². The highest BCUT2D eigenvalue weighted by Crippen LogP contribution is 2.55. The van der Waals surface area contributed by atoms with Crippen LogP contribution in [-0.4, -0.2) is 106 Å². The highest BCUT2D eigenvalue weighted by molar-refractivity contribution is 7.85. The van der Waals surface area contributed by atoms with Crippen LogP contribution in [0.1, 0.15) is 110 Å². The van der Waals surface area contributed by atoms with Gasteiger partial charge in [-0.05, 0) is 89.5 Å². The molecule has 0 spiro atoms. The second-order valence-electron chi connectivity index (χ2n) is 19.7. The topological polar surface area (TPSA) is 211 Å². The Balaban J connectivity index is 0.000000178. The van der Waals surface area contributed by atoms with Crippen molar-refractivity contribution in [2.45, 2.75) is 76.5 Å². The molecule has 2 aliphatic rings. The number of benzene rings is 7. The number of ether oxygens (including phenoxy) is 3. The van der Waals surface area contributed by atoms with Gasteiger partial charge in [0.2, 0.25) is 5.78 Å². The zero-order chi connectivity index (χ0) is 58.9. The molecule has 16 heteroatoms. The summed E-state index contributed by atoms with van der Waals surface area (Å²) in [6.07, 6.45) is 14.9. The maximum atomic E-state index is 12.2. The average molecular weight is 1160 g/mol. The van der Waals surface area contributed by atoms with E-state index in [0.717, 1.165) is 72.8 Å². The molecule has 0 bridgehead atoms. The number of ketones is 1. The van der Waals surface area contributed by atoms with E-state index in [1.54, 1.807) is 0 Å². The van der Waals surface area contributed by atoms with Crippen molar-refractivity contribution in [3.05, 3.63) is 210 Å². The Hall–Kier alpha value is -7.57. The third-order valence-electron chi connectivity index (χ3n) is 13.6. The maximum absolute atomic E-state index is 12.2. The van der Waals surface area contributed by atoms with Gasteiger partial charge in [0.25, 0.3) is 10.1 Å². The molecule has 434 valence electrons. The fourth-order valence-corrected chi connectivity index (χ4v) is 10.1. The molecule has 0 radical (unpaired) electrons. The molecule has 7 aromatic carbocycles. The molecule has 2 heterocycles. The molecule has 0 amide bonds. The van der Waals surface area contributed by atoms with Crippen LogP contribution in [0.4, 0.5) is 0 Å². The van der Waals surface area contributed by atoms with Gasteiger partial charge in [0.15, 0.2) is 0 Å². The van der Waals surface area contributed by atoms with E-state index in [-0.39, 0.29) is 38.8 Å². The van der Waals surface area contributed by atoms with Crippen molar-refractivity contribution in [2.24, 2.45) is 0 Å². The number of thiol groups is 1. The zero-order valence-electron chi connectivity index (χ0n) is 47.1. The van der Waals surface area contributed by atoms with E-state index in [1.807, 2.05) is 133 Å². The van der Waals surface area contributed by atoms with Crippen LogP contribution < -0.4 is 14.2 Å². The van der Waals surface area contributed by atoms with Crippen LogP contribution in [0.3, 0.4) is 0 Å². The lowest BCUT2D eigenvalue weighted by molar-refractivity contribution is 0.103. The number of aromatic nitrogens is 4. The van der Waals surface area contributed by atoms with Crippen molar-refractivity contribution >= 4 is 50.6 Å². The minimum Gasteiger partial charge on any atom is -0.491 e. The molecule has 0 saturated carbocycles. The van der Waals surface area contributed by atoms with E-state index in [4.69, 9.17) is 44.1 Å². The summed E-state index contributed by atoms with van der Waals surface area (Å²) in [4.78, 5) is 31.6. The summed E-state index contributed by atoms with van der Waals surface area (Å²) in [7, 11) is -3.67. The Labute approximate surface area is 492 Å². The first-order chi connectivity index (χ1) is 40.4. The third-order valence-corrected chi connectivity index (χ3v) is 14.0. The lowest BCUT2D eigenvalue weighted by Gasteiger charge is -2.32. The predicted molar refractivity (Wildman–Crippen MR) is 333 cm³/mol. The van der Waals surface area contributed by atoms with Gasteiger partial charge >= 0.3 is 0 Å². The molecule has 2 aromatic heterocycles. The summed E-state index contributed by atoms with van der Waals surface area (Å²) >= 11 is 4.20. The molecule has 4 N–H and O–H groups in total. The fourth-order valence-electron chi connectivity index (χ4n) is 9.91. The van der Waals surface area contributed by atoms with Gasteiger partial charge < -0.3 is 29.5 Å². The number of carbonyl (C=O) groups excluding carboxylic acids is 1. The van der Waals surface area contributed by atoms with E-state index in [2.05, 4.69) is 72.0 Å². The summed E-state index contributed by atoms with van der Waals surface area (Å²) in [6.45, 7) is 3.10. The number of carbonyl (C=O) groups is 1. The van der Waals surface area contributed by atoms with Gasteiger partial charge in [0.05, 0.1) is 64.9 Å². The Morgan fingerprint density at radius 2 is 0.819 bits per heavy atom. The van der Waals surface area contributed by atoms with Crippen LogP contribution in [0.25, 0.3) is 44.6 Å². The number of fused-ring (bicyclic) bond motifs is 8. The molecule has 83 heavy (non-hydrogen) atoms. The molecule has 0 saturated heterocycles. The minimum absolute atomic E-state index is 0.0288. The molecule has 0 atom stereocenters. The number of aliphatic hydroxyl groups is 3. The molecular formula is C67H74N4O10S2. The summed E-state index contributed by atoms with van der Waals surface area (Å²) in [5, 5.41) is 26.7. The standard InChI is InChI=1S/C31H26N2O4.C15H8N2O.C12H26S.C8H10O2.CH4O3S/c34-17-19-36-23-13-9-21(10-14-23)31(22-11-15-24(16-12-22)37-20-18-35)26-6-2-1-5-25(26)29-30(31)33-28-8-4-3-7-27(28)32-29;18-15-10-6-2-1-5-9(10)13-14(15)17-12-8-4-3-7-11(12)16-13;1-2-3-4-5-6-7-8-9-10-11-12-13;9-6-7-10-8-4-2-1-3-5-8;1-5(2,3)4/h1-16,34-35H,17-20H2;1-8H;13H,2-12H2,1H3;1-5,9H,6-7H2;1H3,(H,2,3,4). The average Bonchev–Trinajstić information content (AvgIpc) is 4.14. The smallest absolute Gasteiger partial charge is 0.261 e. The summed E-state index contributed by atoms with van der Waals surface area (Å²) < 4.78 is 42.3. The van der Waals surface area contributed by atoms with Gasteiger partial charge in [-0.15, -0.1) is 0 Å². The second-order valence-corrected chi connectivity index (χ2v) is 21.6. The van der Waals surface area contributed by atoms with Crippen LogP contribution in [0.2, 0.25) is 0 Å². The predicted octanol–water partition coefficient (Wildman–Crippen LogP) is 13.0. The molecule has 0 aliphatic heterocycles. The normalized spacial score (nSPS) is 12.1. The Bertz CT molecular complexity index is 3500. The van der Waals surface area contributed by atoms with Crippen LogP contribution in [0, 0.1) is 0 Å². The van der Waals surface area contributed by atoms with Gasteiger partial charge in [0.1, 0.15) is 48.5 Å². The summed E-state index contributed by atoms with van der Waals surface area (Å²) in [6, 6.07) is 56.8. The largest absolute Gasteiger partial charge is 0.491 e. The van der Waals surface area contributed by atoms with Crippen molar-refractivity contribution < 1.29 is 47.3 Å². The lowest BCUT2D eigenvalue weighted by atomic mass is 9.69. The van der Waals surface area contributed by atoms with Gasteiger partial charge in [-0.2, -0.15) is 21.0 Å². The molecule has 2 aliphatic carbocycles. The summed E-state index contributed by atoms with van der Waals surface area (Å²) in [5.41, 5.74) is 11.3. The Morgan fingerprint density at radius 1 is 0.446 bits per heavy atom. The SMILES string of the molecule is CCCCCCCCCCCCS.CS(=O)(=O)O.O=C1c2ccccc2-c2nc3ccccc3nc21.OCCOc1ccc(C2(c3ccc(OCCO)cc3)c3ccccc3-c3nc4ccccc4nc32)cc1.OCCOc1ccccc1. The van der Waals surface area contributed by atoms with E-state index in [9.17, 15) is 13.2 Å². The van der Waals surface area contributed by atoms with E-state index < -0.39 is 15.5 Å². The number of rotatable bonds is 21. The van der Waals surface area contributed by atoms with Crippen molar-refractivity contribution in [2.75, 3.05) is 51.6 Å². The van der Waals surface area contributed by atoms with Gasteiger partial charge in [-0.1, -0.05) is 180 Å². The van der Waals surface area contributed by atoms with Crippen LogP contribution in [0.5, 0.6) is 17.2 Å². The quantitative estimate of drug-likeness (QED) is 0.0257. The van der Waals surface area contributed by atoms with Gasteiger partial charge in [0, 0.05) is 16.7 Å². The van der Waals surface area contributed by atoms with Crippen LogP contribution >= 0.6 is 12.6 Å². The third kappa shape index (κ3) is 17.3. The van der Waals surface area contributed by atoms with Crippen molar-refractivity contribution in [3.63, 3.8) is 0 Å². The molecule has 0 unspecified atom stereocenters. The highest BCUT2D eigenvalue weighted by Gasteiger charge is 2.48. The van der Waals surface area contributed by atoms with Gasteiger partial charge in [-0.3, -0.25) is 9.35 Å². The Kier molecular flexibility index (Phi) is 24.5. The first-order valence-electron chi connectivity index (χ1n) is 28.2. The van der Waals surface area contributed by atoms with Crippen LogP contribution in [0.15, 0.2) is 176 Å². The molecule has 14 nitrogen and oxygen atoms in total. The Morgan fingerprint density at radius 3 is 1.29 bits per heavy atom. The van der Waals surface area contributed by atoms with Crippen LogP contribution in [-0.2, 0) is 15.5 Å². The monoisotopic (exact) mass is 1160 g/mol. The number of nitrogens with zero attached hydrogens (tertiary/aromatic N) is 4. The number of aliphatic hydroxyl groups excluding tert-OH is 3. The summed E-state index contributed by atoms with van der Waals surface area (Å²) in [5.74, 6) is 3.22. The van der Waals surface area contributed by atoms with Gasteiger partial charge in [-0.25, -0.2) is 19.9 Å². The molecule has 11 rings (SSSR count). The van der Waals surface area contributed by atoms with E-state index >= 15 is 0 Å². The molecule has 9 aromatic rings. The van der Waals surface area contributed by atoms with E-state index in [1.165, 1.54) is 64.2 Å². The minimum atomic E-state index is -3.67. The first-order valence-corrected chi connectivity index (χ1v) is 30.7. The highest BCUT2D eigenvalue weighted by atomic mass is 32.2. The number of para-hydroxylation sites is 5. The lowest BCUT2D eigenvalue weighted by Crippen LogP contribution is -2.29. The van der Waals surface area contributed by atoms with Crippen molar-refractivity contribution in [1.29, 1.82) is 0 Å². The number of hydrogen-bond donors (Lipinski definition) is 5.